The van der Waals surface area contributed by atoms with Gasteiger partial charge in [0, 0.05) is 18.6 Å². The van der Waals surface area contributed by atoms with E-state index < -0.39 is 10.0 Å². The smallest absolute Gasteiger partial charge is 0.264 e. The van der Waals surface area contributed by atoms with Crippen LogP contribution in [-0.4, -0.2) is 39.9 Å². The molecule has 3 rings (SSSR count). The lowest BCUT2D eigenvalue weighted by atomic mass is 10.2. The first-order valence-electron chi connectivity index (χ1n) is 10.3. The second-order valence-corrected chi connectivity index (χ2v) is 10.2. The number of aryl methyl sites for hydroxylation is 2. The Morgan fingerprint density at radius 1 is 0.939 bits per heavy atom. The maximum atomic E-state index is 13.7. The summed E-state index contributed by atoms with van der Waals surface area (Å²) < 4.78 is 33.9. The van der Waals surface area contributed by atoms with Crippen LogP contribution in [0.3, 0.4) is 0 Å². The third-order valence-corrected chi connectivity index (χ3v) is 7.28. The minimum atomic E-state index is -4.04. The molecule has 0 radical (unpaired) electrons. The number of carbonyl (C=O) groups excluding carboxylic acids is 1. The van der Waals surface area contributed by atoms with Crippen LogP contribution in [0.15, 0.2) is 71.6 Å². The maximum absolute atomic E-state index is 13.7. The third-order valence-electron chi connectivity index (χ3n) is 5.25. The minimum Gasteiger partial charge on any atom is -0.495 e. The predicted octanol–water partition coefficient (Wildman–Crippen LogP) is 4.82. The average molecular weight is 487 g/mol. The highest BCUT2D eigenvalue weighted by molar-refractivity contribution is 7.92. The molecule has 174 valence electrons. The van der Waals surface area contributed by atoms with E-state index in [1.807, 2.05) is 32.0 Å². The summed E-state index contributed by atoms with van der Waals surface area (Å²) in [5.41, 5.74) is 2.98. The zero-order valence-corrected chi connectivity index (χ0v) is 20.7. The molecule has 0 bridgehead atoms. The van der Waals surface area contributed by atoms with Crippen LogP contribution < -0.4 is 9.04 Å². The van der Waals surface area contributed by atoms with Crippen molar-refractivity contribution in [2.75, 3.05) is 25.0 Å². The molecule has 0 heterocycles. The number of carbonyl (C=O) groups is 1. The lowest BCUT2D eigenvalue weighted by Gasteiger charge is -2.28. The standard InChI is InChI=1S/C25H27ClN2O4S/c1-18-5-12-22(13-6-18)33(30,31)28(23-15-19(2)7-14-24(23)32-4)17-25(29)27(3)16-20-8-10-21(26)11-9-20/h5-15H,16-17H2,1-4H3. The van der Waals surface area contributed by atoms with E-state index >= 15 is 0 Å². The van der Waals surface area contributed by atoms with Crippen LogP contribution in [-0.2, 0) is 21.4 Å². The van der Waals surface area contributed by atoms with Crippen molar-refractivity contribution in [3.8, 4) is 5.75 Å². The van der Waals surface area contributed by atoms with Crippen LogP contribution in [0.1, 0.15) is 16.7 Å². The van der Waals surface area contributed by atoms with Crippen LogP contribution in [0, 0.1) is 13.8 Å². The van der Waals surface area contributed by atoms with Gasteiger partial charge in [0.2, 0.25) is 5.91 Å². The molecule has 8 heteroatoms. The zero-order chi connectivity index (χ0) is 24.2. The second-order valence-electron chi connectivity index (χ2n) is 7.88. The molecule has 0 aliphatic rings. The molecule has 0 saturated heterocycles. The van der Waals surface area contributed by atoms with Gasteiger partial charge in [-0.25, -0.2) is 8.42 Å². The van der Waals surface area contributed by atoms with Gasteiger partial charge >= 0.3 is 0 Å². The Bertz CT molecular complexity index is 1230. The van der Waals surface area contributed by atoms with Gasteiger partial charge in [-0.05, 0) is 61.4 Å². The number of amides is 1. The number of likely N-dealkylation sites (N-methyl/N-ethyl adjacent to an activating group) is 1. The molecule has 3 aromatic carbocycles. The van der Waals surface area contributed by atoms with Crippen molar-refractivity contribution < 1.29 is 17.9 Å². The van der Waals surface area contributed by atoms with E-state index in [0.717, 1.165) is 21.0 Å². The number of sulfonamides is 1. The summed E-state index contributed by atoms with van der Waals surface area (Å²) in [6, 6.07) is 18.9. The number of hydrogen-bond acceptors (Lipinski definition) is 4. The summed E-state index contributed by atoms with van der Waals surface area (Å²) >= 11 is 5.94. The first kappa shape index (κ1) is 24.6. The molecule has 0 saturated carbocycles. The Kier molecular flexibility index (Phi) is 7.66. The Labute approximate surface area is 200 Å². The van der Waals surface area contributed by atoms with Crippen LogP contribution in [0.25, 0.3) is 0 Å². The quantitative estimate of drug-likeness (QED) is 0.458. The summed E-state index contributed by atoms with van der Waals surface area (Å²) in [4.78, 5) is 14.8. The molecule has 33 heavy (non-hydrogen) atoms. The van der Waals surface area contributed by atoms with Crippen molar-refractivity contribution in [3.63, 3.8) is 0 Å². The van der Waals surface area contributed by atoms with Crippen molar-refractivity contribution in [3.05, 3.63) is 88.4 Å². The van der Waals surface area contributed by atoms with Gasteiger partial charge in [-0.15, -0.1) is 0 Å². The van der Waals surface area contributed by atoms with Gasteiger partial charge in [-0.1, -0.05) is 47.5 Å². The van der Waals surface area contributed by atoms with E-state index in [9.17, 15) is 13.2 Å². The average Bonchev–Trinajstić information content (AvgIpc) is 2.79. The molecule has 6 nitrogen and oxygen atoms in total. The molecule has 0 aromatic heterocycles. The number of benzene rings is 3. The zero-order valence-electron chi connectivity index (χ0n) is 19.1. The van der Waals surface area contributed by atoms with Gasteiger partial charge in [-0.3, -0.25) is 9.10 Å². The number of anilines is 1. The van der Waals surface area contributed by atoms with E-state index in [2.05, 4.69) is 0 Å². The fraction of sp³-hybridized carbons (Fsp3) is 0.240. The van der Waals surface area contributed by atoms with E-state index in [-0.39, 0.29) is 17.3 Å². The number of rotatable bonds is 8. The van der Waals surface area contributed by atoms with Crippen molar-refractivity contribution >= 4 is 33.2 Å². The topological polar surface area (TPSA) is 66.9 Å². The van der Waals surface area contributed by atoms with Crippen molar-refractivity contribution in [2.45, 2.75) is 25.3 Å². The number of hydrogen-bond donors (Lipinski definition) is 0. The normalized spacial score (nSPS) is 11.2. The molecule has 0 fully saturated rings. The van der Waals surface area contributed by atoms with E-state index in [4.69, 9.17) is 16.3 Å². The summed E-state index contributed by atoms with van der Waals surface area (Å²) in [5, 5.41) is 0.606. The Hall–Kier alpha value is -3.03. The van der Waals surface area contributed by atoms with E-state index in [0.29, 0.717) is 23.0 Å². The SMILES string of the molecule is COc1ccc(C)cc1N(CC(=O)N(C)Cc1ccc(Cl)cc1)S(=O)(=O)c1ccc(C)cc1. The second kappa shape index (κ2) is 10.3. The van der Waals surface area contributed by atoms with Crippen molar-refractivity contribution in [2.24, 2.45) is 0 Å². The molecule has 0 unspecified atom stereocenters. The van der Waals surface area contributed by atoms with Crippen molar-refractivity contribution in [1.29, 1.82) is 0 Å². The molecule has 0 spiro atoms. The number of methoxy groups -OCH3 is 1. The van der Waals surface area contributed by atoms with Gasteiger partial charge in [-0.2, -0.15) is 0 Å². The molecular formula is C25H27ClN2O4S. The van der Waals surface area contributed by atoms with E-state index in [1.165, 1.54) is 12.0 Å². The van der Waals surface area contributed by atoms with Gasteiger partial charge in [0.25, 0.3) is 10.0 Å². The van der Waals surface area contributed by atoms with E-state index in [1.54, 1.807) is 55.6 Å². The molecule has 0 atom stereocenters. The fourth-order valence-electron chi connectivity index (χ4n) is 3.33. The molecular weight excluding hydrogens is 460 g/mol. The number of nitrogens with zero attached hydrogens (tertiary/aromatic N) is 2. The molecule has 0 aliphatic carbocycles. The fourth-order valence-corrected chi connectivity index (χ4v) is 4.87. The highest BCUT2D eigenvalue weighted by Crippen LogP contribution is 2.33. The van der Waals surface area contributed by atoms with Gasteiger partial charge in [0.05, 0.1) is 17.7 Å². The van der Waals surface area contributed by atoms with Gasteiger partial charge in [0.15, 0.2) is 0 Å². The first-order chi connectivity index (χ1) is 15.6. The van der Waals surface area contributed by atoms with Crippen LogP contribution >= 0.6 is 11.6 Å². The molecule has 0 N–H and O–H groups in total. The number of ether oxygens (including phenoxy) is 1. The molecule has 0 aliphatic heterocycles. The van der Waals surface area contributed by atoms with Crippen molar-refractivity contribution in [1.82, 2.24) is 4.90 Å². The van der Waals surface area contributed by atoms with Crippen LogP contribution in [0.4, 0.5) is 5.69 Å². The Morgan fingerprint density at radius 2 is 1.55 bits per heavy atom. The maximum Gasteiger partial charge on any atom is 0.264 e. The lowest BCUT2D eigenvalue weighted by Crippen LogP contribution is -2.41. The minimum absolute atomic E-state index is 0.102. The largest absolute Gasteiger partial charge is 0.495 e. The van der Waals surface area contributed by atoms with Crippen LogP contribution in [0.2, 0.25) is 5.02 Å². The van der Waals surface area contributed by atoms with Crippen LogP contribution in [0.5, 0.6) is 5.75 Å². The lowest BCUT2D eigenvalue weighted by molar-refractivity contribution is -0.128. The summed E-state index contributed by atoms with van der Waals surface area (Å²) in [6.45, 7) is 3.68. The predicted molar refractivity (Wildman–Crippen MR) is 131 cm³/mol. The van der Waals surface area contributed by atoms with Gasteiger partial charge in [0.1, 0.15) is 12.3 Å². The highest BCUT2D eigenvalue weighted by atomic mass is 35.5. The first-order valence-corrected chi connectivity index (χ1v) is 12.2. The Morgan fingerprint density at radius 3 is 2.15 bits per heavy atom. The monoisotopic (exact) mass is 486 g/mol. The summed E-state index contributed by atoms with van der Waals surface area (Å²) in [6.07, 6.45) is 0. The third kappa shape index (κ3) is 5.86. The molecule has 1 amide bonds. The van der Waals surface area contributed by atoms with Gasteiger partial charge < -0.3 is 9.64 Å². The molecule has 3 aromatic rings. The Balaban J connectivity index is 1.98. The summed E-state index contributed by atoms with van der Waals surface area (Å²) in [7, 11) is -0.927. The summed E-state index contributed by atoms with van der Waals surface area (Å²) in [5.74, 6) is 0.00800. The highest BCUT2D eigenvalue weighted by Gasteiger charge is 2.30. The number of halogens is 1.